The van der Waals surface area contributed by atoms with Crippen LogP contribution in [0.2, 0.25) is 0 Å². The zero-order valence-corrected chi connectivity index (χ0v) is 10.0. The molecule has 1 aromatic carbocycles. The van der Waals surface area contributed by atoms with E-state index in [0.29, 0.717) is 5.56 Å². The predicted octanol–water partition coefficient (Wildman–Crippen LogP) is 3.56. The molecule has 0 radical (unpaired) electrons. The summed E-state index contributed by atoms with van der Waals surface area (Å²) in [4.78, 5) is 0. The molecular weight excluding hydrogens is 246 g/mol. The van der Waals surface area contributed by atoms with Crippen LogP contribution in [0.3, 0.4) is 0 Å². The molecule has 1 aliphatic rings. The molecule has 1 aliphatic heterocycles. The van der Waals surface area contributed by atoms with Crippen molar-refractivity contribution >= 4 is 0 Å². The molecule has 1 aromatic rings. The second-order valence-electron chi connectivity index (χ2n) is 4.81. The van der Waals surface area contributed by atoms with Gasteiger partial charge in [0.2, 0.25) is 0 Å². The van der Waals surface area contributed by atoms with Gasteiger partial charge in [-0.1, -0.05) is 13.0 Å². The number of alkyl halides is 3. The summed E-state index contributed by atoms with van der Waals surface area (Å²) in [5, 5.41) is 3.19. The lowest BCUT2D eigenvalue weighted by Crippen LogP contribution is -2.33. The Morgan fingerprint density at radius 3 is 2.61 bits per heavy atom. The molecule has 0 aromatic heterocycles. The number of benzene rings is 1. The van der Waals surface area contributed by atoms with Gasteiger partial charge < -0.3 is 5.32 Å². The van der Waals surface area contributed by atoms with Crippen LogP contribution in [-0.4, -0.2) is 13.1 Å². The predicted molar refractivity (Wildman–Crippen MR) is 60.8 cm³/mol. The van der Waals surface area contributed by atoms with E-state index in [4.69, 9.17) is 0 Å². The Morgan fingerprint density at radius 1 is 1.28 bits per heavy atom. The second-order valence-corrected chi connectivity index (χ2v) is 4.81. The first-order valence-electron chi connectivity index (χ1n) is 5.97. The smallest absolute Gasteiger partial charge is 0.316 e. The average Bonchev–Trinajstić information content (AvgIpc) is 2.29. The van der Waals surface area contributed by atoms with Crippen molar-refractivity contribution in [2.24, 2.45) is 5.92 Å². The molecule has 0 spiro atoms. The molecular formula is C13H15F4N. The van der Waals surface area contributed by atoms with Gasteiger partial charge in [0.05, 0.1) is 5.56 Å². The van der Waals surface area contributed by atoms with Crippen LogP contribution in [0.1, 0.15) is 30.4 Å². The Bertz CT molecular complexity index is 427. The largest absolute Gasteiger partial charge is 0.419 e. The van der Waals surface area contributed by atoms with Crippen molar-refractivity contribution < 1.29 is 17.6 Å². The second kappa shape index (κ2) is 4.88. The summed E-state index contributed by atoms with van der Waals surface area (Å²) in [7, 11) is 0. The Kier molecular flexibility index (Phi) is 3.61. The van der Waals surface area contributed by atoms with Gasteiger partial charge in [0.1, 0.15) is 5.82 Å². The Labute approximate surface area is 103 Å². The van der Waals surface area contributed by atoms with E-state index in [1.807, 2.05) is 6.92 Å². The number of hydrogen-bond donors (Lipinski definition) is 1. The first-order chi connectivity index (χ1) is 8.39. The molecule has 0 bridgehead atoms. The zero-order chi connectivity index (χ0) is 13.3. The molecule has 2 atom stereocenters. The SMILES string of the molecule is C[C@H]1CNCC[C@H]1c1ccc(F)c(C(F)(F)F)c1. The normalized spacial score (nSPS) is 25.2. The highest BCUT2D eigenvalue weighted by Crippen LogP contribution is 2.36. The minimum absolute atomic E-state index is 0.0629. The van der Waals surface area contributed by atoms with Crippen LogP contribution in [0.15, 0.2) is 18.2 Å². The first-order valence-corrected chi connectivity index (χ1v) is 5.97. The van der Waals surface area contributed by atoms with Crippen molar-refractivity contribution in [1.82, 2.24) is 5.32 Å². The van der Waals surface area contributed by atoms with E-state index in [2.05, 4.69) is 5.32 Å². The number of rotatable bonds is 1. The summed E-state index contributed by atoms with van der Waals surface area (Å²) in [6.45, 7) is 3.56. The molecule has 18 heavy (non-hydrogen) atoms. The van der Waals surface area contributed by atoms with Crippen LogP contribution >= 0.6 is 0 Å². The number of halogens is 4. The van der Waals surface area contributed by atoms with E-state index in [0.717, 1.165) is 31.6 Å². The summed E-state index contributed by atoms with van der Waals surface area (Å²) in [6.07, 6.45) is -3.85. The fraction of sp³-hybridized carbons (Fsp3) is 0.538. The minimum atomic E-state index is -4.63. The number of hydrogen-bond acceptors (Lipinski definition) is 1. The van der Waals surface area contributed by atoms with Gasteiger partial charge in [-0.2, -0.15) is 13.2 Å². The van der Waals surface area contributed by atoms with Crippen LogP contribution < -0.4 is 5.32 Å². The fourth-order valence-electron chi connectivity index (χ4n) is 2.50. The Morgan fingerprint density at radius 2 is 2.00 bits per heavy atom. The van der Waals surface area contributed by atoms with Crippen LogP contribution in [0.4, 0.5) is 17.6 Å². The van der Waals surface area contributed by atoms with Gasteiger partial charge in [0.25, 0.3) is 0 Å². The standard InChI is InChI=1S/C13H15F4N/c1-8-7-18-5-4-10(8)9-2-3-12(14)11(6-9)13(15,16)17/h2-3,6,8,10,18H,4-5,7H2,1H3/t8-,10+/m0/s1. The molecule has 1 nitrogen and oxygen atoms in total. The number of nitrogens with one attached hydrogen (secondary N) is 1. The van der Waals surface area contributed by atoms with E-state index < -0.39 is 17.6 Å². The lowest BCUT2D eigenvalue weighted by Gasteiger charge is -2.30. The zero-order valence-electron chi connectivity index (χ0n) is 10.0. The molecule has 0 aliphatic carbocycles. The van der Waals surface area contributed by atoms with Gasteiger partial charge in [-0.3, -0.25) is 0 Å². The molecule has 100 valence electrons. The van der Waals surface area contributed by atoms with Gasteiger partial charge in [-0.15, -0.1) is 0 Å². The molecule has 5 heteroatoms. The van der Waals surface area contributed by atoms with Gasteiger partial charge in [0, 0.05) is 0 Å². The quantitative estimate of drug-likeness (QED) is 0.762. The summed E-state index contributed by atoms with van der Waals surface area (Å²) >= 11 is 0. The first kappa shape index (κ1) is 13.3. The van der Waals surface area contributed by atoms with E-state index in [9.17, 15) is 17.6 Å². The van der Waals surface area contributed by atoms with Gasteiger partial charge >= 0.3 is 6.18 Å². The molecule has 1 heterocycles. The van der Waals surface area contributed by atoms with Crippen molar-refractivity contribution in [1.29, 1.82) is 0 Å². The minimum Gasteiger partial charge on any atom is -0.316 e. The molecule has 0 amide bonds. The third kappa shape index (κ3) is 2.66. The topological polar surface area (TPSA) is 12.0 Å². The van der Waals surface area contributed by atoms with E-state index in [1.54, 1.807) is 0 Å². The third-order valence-corrected chi connectivity index (χ3v) is 3.51. The van der Waals surface area contributed by atoms with Crippen molar-refractivity contribution in [2.45, 2.75) is 25.4 Å². The van der Waals surface area contributed by atoms with Crippen molar-refractivity contribution in [3.8, 4) is 0 Å². The highest BCUT2D eigenvalue weighted by atomic mass is 19.4. The lowest BCUT2D eigenvalue weighted by molar-refractivity contribution is -0.140. The van der Waals surface area contributed by atoms with Gasteiger partial charge in [-0.25, -0.2) is 4.39 Å². The maximum Gasteiger partial charge on any atom is 0.419 e. The van der Waals surface area contributed by atoms with Crippen molar-refractivity contribution in [3.05, 3.63) is 35.1 Å². The van der Waals surface area contributed by atoms with E-state index >= 15 is 0 Å². The Balaban J connectivity index is 2.34. The summed E-state index contributed by atoms with van der Waals surface area (Å²) in [5.74, 6) is -0.883. The van der Waals surface area contributed by atoms with E-state index in [-0.39, 0.29) is 11.8 Å². The molecule has 1 N–H and O–H groups in total. The average molecular weight is 261 g/mol. The Hall–Kier alpha value is -1.10. The third-order valence-electron chi connectivity index (χ3n) is 3.51. The highest BCUT2D eigenvalue weighted by molar-refractivity contribution is 5.30. The molecule has 0 unspecified atom stereocenters. The molecule has 1 saturated heterocycles. The molecule has 1 fully saturated rings. The van der Waals surface area contributed by atoms with Crippen LogP contribution in [-0.2, 0) is 6.18 Å². The van der Waals surface area contributed by atoms with E-state index in [1.165, 1.54) is 6.07 Å². The maximum atomic E-state index is 13.2. The van der Waals surface area contributed by atoms with Crippen LogP contribution in [0, 0.1) is 11.7 Å². The fourth-order valence-corrected chi connectivity index (χ4v) is 2.50. The monoisotopic (exact) mass is 261 g/mol. The summed E-state index contributed by atoms with van der Waals surface area (Å²) in [5.41, 5.74) is -0.580. The van der Waals surface area contributed by atoms with Crippen LogP contribution in [0.5, 0.6) is 0 Å². The van der Waals surface area contributed by atoms with Gasteiger partial charge in [-0.05, 0) is 49.0 Å². The maximum absolute atomic E-state index is 13.2. The molecule has 0 saturated carbocycles. The summed E-state index contributed by atoms with van der Waals surface area (Å²) < 4.78 is 51.1. The van der Waals surface area contributed by atoms with Gasteiger partial charge in [0.15, 0.2) is 0 Å². The van der Waals surface area contributed by atoms with Crippen molar-refractivity contribution in [3.63, 3.8) is 0 Å². The summed E-state index contributed by atoms with van der Waals surface area (Å²) in [6, 6.07) is 3.35. The molecule has 2 rings (SSSR count). The van der Waals surface area contributed by atoms with Crippen LogP contribution in [0.25, 0.3) is 0 Å². The number of piperidine rings is 1. The van der Waals surface area contributed by atoms with Crippen molar-refractivity contribution in [2.75, 3.05) is 13.1 Å². The lowest BCUT2D eigenvalue weighted by atomic mass is 9.82. The highest BCUT2D eigenvalue weighted by Gasteiger charge is 2.35.